The van der Waals surface area contributed by atoms with Gasteiger partial charge in [-0.1, -0.05) is 48.5 Å². The highest BCUT2D eigenvalue weighted by Gasteiger charge is 2.14. The van der Waals surface area contributed by atoms with Crippen molar-refractivity contribution in [3.05, 3.63) is 88.8 Å². The van der Waals surface area contributed by atoms with Crippen LogP contribution in [0, 0.1) is 0 Å². The molecule has 0 spiro atoms. The molecule has 3 aromatic carbocycles. The molecule has 0 aliphatic heterocycles. The molecule has 1 amide bonds. The SMILES string of the molecule is COc1ccc(-c2ccccc2)cc1C(=O)NCCn1c(=O)[nH]c2ccccc21. The first-order valence-electron chi connectivity index (χ1n) is 9.36. The first-order chi connectivity index (χ1) is 14.2. The summed E-state index contributed by atoms with van der Waals surface area (Å²) in [4.78, 5) is 27.8. The van der Waals surface area contributed by atoms with Gasteiger partial charge in [0, 0.05) is 13.1 Å². The minimum atomic E-state index is -0.243. The maximum absolute atomic E-state index is 12.8. The minimum absolute atomic E-state index is 0.191. The molecule has 29 heavy (non-hydrogen) atoms. The van der Waals surface area contributed by atoms with Crippen LogP contribution in [0.5, 0.6) is 5.75 Å². The summed E-state index contributed by atoms with van der Waals surface area (Å²) < 4.78 is 6.98. The van der Waals surface area contributed by atoms with Crippen LogP contribution < -0.4 is 15.7 Å². The van der Waals surface area contributed by atoms with Crippen LogP contribution >= 0.6 is 0 Å². The average molecular weight is 387 g/mol. The van der Waals surface area contributed by atoms with Gasteiger partial charge in [-0.3, -0.25) is 9.36 Å². The van der Waals surface area contributed by atoms with E-state index in [1.165, 1.54) is 0 Å². The second kappa shape index (κ2) is 8.06. The molecular weight excluding hydrogens is 366 g/mol. The summed E-state index contributed by atoms with van der Waals surface area (Å²) in [6.45, 7) is 0.689. The number of ether oxygens (including phenoxy) is 1. The first kappa shape index (κ1) is 18.6. The minimum Gasteiger partial charge on any atom is -0.496 e. The molecule has 1 heterocycles. The van der Waals surface area contributed by atoms with E-state index >= 15 is 0 Å². The van der Waals surface area contributed by atoms with Crippen molar-refractivity contribution in [1.29, 1.82) is 0 Å². The molecule has 6 heteroatoms. The second-order valence-electron chi connectivity index (χ2n) is 6.64. The summed E-state index contributed by atoms with van der Waals surface area (Å²) in [5.74, 6) is 0.263. The fraction of sp³-hybridized carbons (Fsp3) is 0.130. The Kier molecular flexibility index (Phi) is 5.16. The van der Waals surface area contributed by atoms with Crippen LogP contribution in [0.4, 0.5) is 0 Å². The molecule has 4 rings (SSSR count). The van der Waals surface area contributed by atoms with Crippen molar-refractivity contribution in [3.8, 4) is 16.9 Å². The van der Waals surface area contributed by atoms with Gasteiger partial charge in [-0.15, -0.1) is 0 Å². The molecule has 0 saturated carbocycles. The quantitative estimate of drug-likeness (QED) is 0.532. The van der Waals surface area contributed by atoms with Crippen LogP contribution in [0.3, 0.4) is 0 Å². The smallest absolute Gasteiger partial charge is 0.326 e. The summed E-state index contributed by atoms with van der Waals surface area (Å²) in [7, 11) is 1.54. The number of imidazole rings is 1. The van der Waals surface area contributed by atoms with Gasteiger partial charge in [-0.25, -0.2) is 4.79 Å². The molecule has 0 atom stereocenters. The van der Waals surface area contributed by atoms with E-state index in [0.717, 1.165) is 22.2 Å². The third-order valence-electron chi connectivity index (χ3n) is 4.85. The number of nitrogens with one attached hydrogen (secondary N) is 2. The van der Waals surface area contributed by atoms with Crippen LogP contribution in [0.15, 0.2) is 77.6 Å². The van der Waals surface area contributed by atoms with E-state index in [4.69, 9.17) is 4.74 Å². The Morgan fingerprint density at radius 2 is 1.76 bits per heavy atom. The molecule has 0 saturated heterocycles. The lowest BCUT2D eigenvalue weighted by Gasteiger charge is -2.12. The van der Waals surface area contributed by atoms with Gasteiger partial charge < -0.3 is 15.0 Å². The predicted octanol–water partition coefficient (Wildman–Crippen LogP) is 3.44. The number of para-hydroxylation sites is 2. The number of aromatic nitrogens is 2. The summed E-state index contributed by atoms with van der Waals surface area (Å²) in [5.41, 5.74) is 3.82. The van der Waals surface area contributed by atoms with Gasteiger partial charge in [-0.05, 0) is 35.4 Å². The molecule has 0 aliphatic carbocycles. The standard InChI is InChI=1S/C23H21N3O3/c1-29-21-12-11-17(16-7-3-2-4-8-16)15-18(21)22(27)24-13-14-26-20-10-6-5-9-19(20)25-23(26)28/h2-12,15H,13-14H2,1H3,(H,24,27)(H,25,28). The van der Waals surface area contributed by atoms with E-state index in [1.807, 2.05) is 66.7 Å². The Morgan fingerprint density at radius 3 is 2.55 bits per heavy atom. The third-order valence-corrected chi connectivity index (χ3v) is 4.85. The number of nitrogens with zero attached hydrogens (tertiary/aromatic N) is 1. The highest BCUT2D eigenvalue weighted by atomic mass is 16.5. The predicted molar refractivity (Wildman–Crippen MR) is 113 cm³/mol. The Bertz CT molecular complexity index is 1210. The molecule has 0 radical (unpaired) electrons. The van der Waals surface area contributed by atoms with E-state index in [0.29, 0.717) is 24.4 Å². The van der Waals surface area contributed by atoms with Crippen molar-refractivity contribution in [1.82, 2.24) is 14.9 Å². The van der Waals surface area contributed by atoms with E-state index in [1.54, 1.807) is 17.7 Å². The summed E-state index contributed by atoms with van der Waals surface area (Å²) in [6.07, 6.45) is 0. The number of carbonyl (C=O) groups excluding carboxylic acids is 1. The number of aromatic amines is 1. The molecule has 0 bridgehead atoms. The van der Waals surface area contributed by atoms with Crippen LogP contribution in [-0.2, 0) is 6.54 Å². The maximum atomic E-state index is 12.8. The molecule has 1 aromatic heterocycles. The Balaban J connectivity index is 1.52. The van der Waals surface area contributed by atoms with E-state index in [-0.39, 0.29) is 11.6 Å². The van der Waals surface area contributed by atoms with Gasteiger partial charge in [0.15, 0.2) is 0 Å². The van der Waals surface area contributed by atoms with Gasteiger partial charge in [0.25, 0.3) is 5.91 Å². The van der Waals surface area contributed by atoms with Gasteiger partial charge in [-0.2, -0.15) is 0 Å². The Labute approximate surface area is 167 Å². The number of fused-ring (bicyclic) bond motifs is 1. The second-order valence-corrected chi connectivity index (χ2v) is 6.64. The van der Waals surface area contributed by atoms with Crippen molar-refractivity contribution >= 4 is 16.9 Å². The third kappa shape index (κ3) is 3.78. The van der Waals surface area contributed by atoms with Crippen LogP contribution in [0.2, 0.25) is 0 Å². The normalized spacial score (nSPS) is 10.8. The van der Waals surface area contributed by atoms with Gasteiger partial charge in [0.05, 0.1) is 23.7 Å². The molecule has 4 aromatic rings. The molecule has 0 fully saturated rings. The van der Waals surface area contributed by atoms with Gasteiger partial charge in [0.2, 0.25) is 0 Å². The number of benzene rings is 3. The van der Waals surface area contributed by atoms with Crippen molar-refractivity contribution in [2.24, 2.45) is 0 Å². The van der Waals surface area contributed by atoms with Crippen molar-refractivity contribution < 1.29 is 9.53 Å². The zero-order valence-corrected chi connectivity index (χ0v) is 16.0. The number of methoxy groups -OCH3 is 1. The molecule has 146 valence electrons. The highest BCUT2D eigenvalue weighted by molar-refractivity contribution is 5.98. The molecule has 2 N–H and O–H groups in total. The number of hydrogen-bond acceptors (Lipinski definition) is 3. The van der Waals surface area contributed by atoms with Gasteiger partial charge >= 0.3 is 5.69 Å². The topological polar surface area (TPSA) is 76.1 Å². The lowest BCUT2D eigenvalue weighted by atomic mass is 10.0. The number of hydrogen-bond donors (Lipinski definition) is 2. The van der Waals surface area contributed by atoms with Crippen molar-refractivity contribution in [2.75, 3.05) is 13.7 Å². The lowest BCUT2D eigenvalue weighted by Crippen LogP contribution is -2.30. The lowest BCUT2D eigenvalue weighted by molar-refractivity contribution is 0.0949. The number of amides is 1. The fourth-order valence-corrected chi connectivity index (χ4v) is 3.40. The zero-order chi connectivity index (χ0) is 20.2. The highest BCUT2D eigenvalue weighted by Crippen LogP contribution is 2.26. The van der Waals surface area contributed by atoms with E-state index in [2.05, 4.69) is 10.3 Å². The molecule has 6 nitrogen and oxygen atoms in total. The molecule has 0 aliphatic rings. The van der Waals surface area contributed by atoms with Crippen LogP contribution in [-0.4, -0.2) is 29.1 Å². The Hall–Kier alpha value is -3.80. The zero-order valence-electron chi connectivity index (χ0n) is 16.0. The van der Waals surface area contributed by atoms with Crippen LogP contribution in [0.25, 0.3) is 22.2 Å². The average Bonchev–Trinajstić information content (AvgIpc) is 3.09. The van der Waals surface area contributed by atoms with Crippen LogP contribution in [0.1, 0.15) is 10.4 Å². The summed E-state index contributed by atoms with van der Waals surface area (Å²) in [5, 5.41) is 2.89. The molecular formula is C23H21N3O3. The van der Waals surface area contributed by atoms with Crippen molar-refractivity contribution in [2.45, 2.75) is 6.54 Å². The first-order valence-corrected chi connectivity index (χ1v) is 9.36. The largest absolute Gasteiger partial charge is 0.496 e. The van der Waals surface area contributed by atoms with Crippen molar-refractivity contribution in [3.63, 3.8) is 0 Å². The number of rotatable bonds is 6. The molecule has 0 unspecified atom stereocenters. The summed E-state index contributed by atoms with van der Waals surface area (Å²) >= 11 is 0. The summed E-state index contributed by atoms with van der Waals surface area (Å²) in [6, 6.07) is 22.9. The monoisotopic (exact) mass is 387 g/mol. The Morgan fingerprint density at radius 1 is 1.00 bits per heavy atom. The maximum Gasteiger partial charge on any atom is 0.326 e. The van der Waals surface area contributed by atoms with E-state index < -0.39 is 0 Å². The van der Waals surface area contributed by atoms with Gasteiger partial charge in [0.1, 0.15) is 5.75 Å². The van der Waals surface area contributed by atoms with E-state index in [9.17, 15) is 9.59 Å². The number of H-pyrrole nitrogens is 1. The fourth-order valence-electron chi connectivity index (χ4n) is 3.40. The number of carbonyl (C=O) groups is 1.